The van der Waals surface area contributed by atoms with Gasteiger partial charge in [0, 0.05) is 15.6 Å². The molecule has 0 bridgehead atoms. The summed E-state index contributed by atoms with van der Waals surface area (Å²) in [6.07, 6.45) is 1.44. The Morgan fingerprint density at radius 1 is 0.848 bits per heavy atom. The highest BCUT2D eigenvalue weighted by molar-refractivity contribution is 8.00. The molecule has 3 aromatic carbocycles. The van der Waals surface area contributed by atoms with Crippen LogP contribution in [0.25, 0.3) is 0 Å². The van der Waals surface area contributed by atoms with Gasteiger partial charge in [0.1, 0.15) is 5.25 Å². The third kappa shape index (κ3) is 5.99. The van der Waals surface area contributed by atoms with E-state index in [-0.39, 0.29) is 17.6 Å². The zero-order chi connectivity index (χ0) is 23.2. The van der Waals surface area contributed by atoms with Crippen LogP contribution in [0.15, 0.2) is 101 Å². The van der Waals surface area contributed by atoms with Gasteiger partial charge in [0.2, 0.25) is 5.91 Å². The number of amides is 2. The smallest absolute Gasteiger partial charge is 0.291 e. The van der Waals surface area contributed by atoms with Gasteiger partial charge in [0.05, 0.1) is 17.0 Å². The molecule has 1 aromatic heterocycles. The molecular weight excluding hydrogens is 479 g/mol. The molecule has 166 valence electrons. The minimum Gasteiger partial charge on any atom is -0.459 e. The first-order chi connectivity index (χ1) is 16.0. The van der Waals surface area contributed by atoms with Crippen LogP contribution in [0.5, 0.6) is 0 Å². The lowest BCUT2D eigenvalue weighted by Crippen LogP contribution is -2.19. The molecule has 0 aliphatic carbocycles. The molecule has 0 saturated carbocycles. The molecule has 2 amide bonds. The van der Waals surface area contributed by atoms with Crippen molar-refractivity contribution in [3.63, 3.8) is 0 Å². The maximum atomic E-state index is 13.3. The lowest BCUT2D eigenvalue weighted by Gasteiger charge is -2.18. The van der Waals surface area contributed by atoms with Crippen LogP contribution < -0.4 is 10.6 Å². The van der Waals surface area contributed by atoms with Crippen LogP contribution in [0.3, 0.4) is 0 Å². The molecule has 1 unspecified atom stereocenters. The molecule has 0 aliphatic heterocycles. The number of hydrogen-bond acceptors (Lipinski definition) is 4. The first-order valence-electron chi connectivity index (χ1n) is 9.92. The number of rotatable bonds is 7. The van der Waals surface area contributed by atoms with Crippen LogP contribution >= 0.6 is 35.0 Å². The van der Waals surface area contributed by atoms with Crippen LogP contribution in [0.2, 0.25) is 10.0 Å². The summed E-state index contributed by atoms with van der Waals surface area (Å²) >= 11 is 13.7. The Morgan fingerprint density at radius 2 is 1.67 bits per heavy atom. The first-order valence-corrected chi connectivity index (χ1v) is 11.6. The van der Waals surface area contributed by atoms with Crippen molar-refractivity contribution in [1.82, 2.24) is 0 Å². The third-order valence-corrected chi connectivity index (χ3v) is 6.43. The molecule has 0 radical (unpaired) electrons. The van der Waals surface area contributed by atoms with Gasteiger partial charge in [-0.3, -0.25) is 9.59 Å². The van der Waals surface area contributed by atoms with Crippen molar-refractivity contribution in [3.8, 4) is 0 Å². The maximum Gasteiger partial charge on any atom is 0.291 e. The zero-order valence-electron chi connectivity index (χ0n) is 17.1. The number of thioether (sulfide) groups is 1. The van der Waals surface area contributed by atoms with Gasteiger partial charge in [-0.2, -0.15) is 0 Å². The Balaban J connectivity index is 1.56. The summed E-state index contributed by atoms with van der Waals surface area (Å²) in [5, 5.41) is 5.97. The molecule has 2 N–H and O–H groups in total. The lowest BCUT2D eigenvalue weighted by atomic mass is 10.1. The maximum absolute atomic E-state index is 13.3. The van der Waals surface area contributed by atoms with Crippen molar-refractivity contribution in [2.24, 2.45) is 0 Å². The van der Waals surface area contributed by atoms with Gasteiger partial charge >= 0.3 is 0 Å². The molecule has 33 heavy (non-hydrogen) atoms. The van der Waals surface area contributed by atoms with E-state index in [1.54, 1.807) is 42.5 Å². The molecule has 5 nitrogen and oxygen atoms in total. The molecule has 0 spiro atoms. The average Bonchev–Trinajstić information content (AvgIpc) is 3.36. The van der Waals surface area contributed by atoms with E-state index in [4.69, 9.17) is 27.6 Å². The minimum atomic E-state index is -0.572. The average molecular weight is 497 g/mol. The van der Waals surface area contributed by atoms with E-state index in [2.05, 4.69) is 10.6 Å². The summed E-state index contributed by atoms with van der Waals surface area (Å²) in [5.41, 5.74) is 1.85. The van der Waals surface area contributed by atoms with Crippen LogP contribution in [0.4, 0.5) is 11.4 Å². The fraction of sp³-hybridized carbons (Fsp3) is 0.0400. The van der Waals surface area contributed by atoms with Gasteiger partial charge in [-0.1, -0.05) is 59.6 Å². The van der Waals surface area contributed by atoms with E-state index < -0.39 is 5.25 Å². The number of nitrogens with one attached hydrogen (secondary N) is 2. The van der Waals surface area contributed by atoms with Gasteiger partial charge in [-0.05, 0) is 54.1 Å². The normalized spacial score (nSPS) is 11.6. The van der Waals surface area contributed by atoms with Gasteiger partial charge in [0.25, 0.3) is 5.91 Å². The summed E-state index contributed by atoms with van der Waals surface area (Å²) in [4.78, 5) is 26.4. The number of carbonyl (C=O) groups is 2. The highest BCUT2D eigenvalue weighted by atomic mass is 35.5. The summed E-state index contributed by atoms with van der Waals surface area (Å²) in [6.45, 7) is 0. The molecule has 1 atom stereocenters. The van der Waals surface area contributed by atoms with Crippen LogP contribution in [-0.4, -0.2) is 11.8 Å². The molecule has 1 heterocycles. The van der Waals surface area contributed by atoms with Gasteiger partial charge in [-0.15, -0.1) is 11.8 Å². The van der Waals surface area contributed by atoms with Gasteiger partial charge in [0.15, 0.2) is 5.76 Å². The van der Waals surface area contributed by atoms with Crippen molar-refractivity contribution in [3.05, 3.63) is 113 Å². The fourth-order valence-electron chi connectivity index (χ4n) is 3.08. The third-order valence-electron chi connectivity index (χ3n) is 4.62. The van der Waals surface area contributed by atoms with Crippen molar-refractivity contribution < 1.29 is 14.0 Å². The predicted octanol–water partition coefficient (Wildman–Crippen LogP) is 7.31. The van der Waals surface area contributed by atoms with E-state index in [1.165, 1.54) is 18.0 Å². The van der Waals surface area contributed by atoms with Crippen LogP contribution in [0, 0.1) is 0 Å². The van der Waals surface area contributed by atoms with Gasteiger partial charge < -0.3 is 15.1 Å². The Bertz CT molecular complexity index is 1260. The second kappa shape index (κ2) is 10.6. The second-order valence-corrected chi connectivity index (χ2v) is 9.00. The zero-order valence-corrected chi connectivity index (χ0v) is 19.5. The van der Waals surface area contributed by atoms with Crippen molar-refractivity contribution in [2.45, 2.75) is 10.1 Å². The molecule has 0 saturated heterocycles. The fourth-order valence-corrected chi connectivity index (χ4v) is 4.50. The number of carbonyl (C=O) groups excluding carboxylic acids is 2. The lowest BCUT2D eigenvalue weighted by molar-refractivity contribution is -0.115. The molecule has 8 heteroatoms. The Hall–Kier alpha value is -3.19. The second-order valence-electron chi connectivity index (χ2n) is 6.98. The van der Waals surface area contributed by atoms with E-state index in [0.29, 0.717) is 21.4 Å². The first kappa shape index (κ1) is 23.0. The molecule has 0 aliphatic rings. The van der Waals surface area contributed by atoms with E-state index in [9.17, 15) is 9.59 Å². The highest BCUT2D eigenvalue weighted by Gasteiger charge is 2.23. The summed E-state index contributed by atoms with van der Waals surface area (Å²) < 4.78 is 5.14. The number of furan rings is 1. The Labute approximate surface area is 205 Å². The van der Waals surface area contributed by atoms with E-state index in [0.717, 1.165) is 10.5 Å². The summed E-state index contributed by atoms with van der Waals surface area (Å²) in [7, 11) is 0. The van der Waals surface area contributed by atoms with Crippen LogP contribution in [0.1, 0.15) is 21.4 Å². The predicted molar refractivity (Wildman–Crippen MR) is 133 cm³/mol. The number of halogens is 2. The number of benzene rings is 3. The SMILES string of the molecule is O=C(Nc1cccc(SC(C(=O)Nc2cc(Cl)ccc2Cl)c2ccccc2)c1)c1ccco1. The topological polar surface area (TPSA) is 71.3 Å². The largest absolute Gasteiger partial charge is 0.459 e. The molecule has 0 fully saturated rings. The monoisotopic (exact) mass is 496 g/mol. The van der Waals surface area contributed by atoms with Gasteiger partial charge in [-0.25, -0.2) is 0 Å². The van der Waals surface area contributed by atoms with Crippen molar-refractivity contribution in [2.75, 3.05) is 10.6 Å². The van der Waals surface area contributed by atoms with E-state index in [1.807, 2.05) is 42.5 Å². The Morgan fingerprint density at radius 3 is 2.42 bits per heavy atom. The quantitative estimate of drug-likeness (QED) is 0.263. The highest BCUT2D eigenvalue weighted by Crippen LogP contribution is 2.38. The number of anilines is 2. The van der Waals surface area contributed by atoms with Crippen molar-refractivity contribution in [1.29, 1.82) is 0 Å². The Kier molecular flexibility index (Phi) is 7.40. The van der Waals surface area contributed by atoms with Crippen LogP contribution in [-0.2, 0) is 4.79 Å². The number of hydrogen-bond donors (Lipinski definition) is 2. The summed E-state index contributed by atoms with van der Waals surface area (Å²) in [6, 6.07) is 24.8. The molecule has 4 rings (SSSR count). The van der Waals surface area contributed by atoms with E-state index >= 15 is 0 Å². The summed E-state index contributed by atoms with van der Waals surface area (Å²) in [5.74, 6) is -0.386. The molecular formula is C25H18Cl2N2O3S. The molecule has 4 aromatic rings. The minimum absolute atomic E-state index is 0.216. The standard InChI is InChI=1S/C25H18Cl2N2O3S/c26-17-11-12-20(27)21(14-17)29-25(31)23(16-6-2-1-3-7-16)33-19-9-4-8-18(15-19)28-24(30)22-10-5-13-32-22/h1-15,23H,(H,28,30)(H,29,31). The van der Waals surface area contributed by atoms with Crippen molar-refractivity contribution >= 4 is 58.2 Å².